The number of rotatable bonds is 7. The van der Waals surface area contributed by atoms with Crippen molar-refractivity contribution in [3.05, 3.63) is 21.9 Å². The summed E-state index contributed by atoms with van der Waals surface area (Å²) in [6.07, 6.45) is 14.3. The summed E-state index contributed by atoms with van der Waals surface area (Å²) in [5.74, 6) is 0. The predicted molar refractivity (Wildman–Crippen MR) is 88.5 cm³/mol. The van der Waals surface area contributed by atoms with Crippen LogP contribution in [0.2, 0.25) is 0 Å². The second-order valence-corrected chi connectivity index (χ2v) is 8.07. The summed E-state index contributed by atoms with van der Waals surface area (Å²) >= 11 is 1.96. The third kappa shape index (κ3) is 3.85. The topological polar surface area (TPSA) is 12.0 Å². The van der Waals surface area contributed by atoms with Gasteiger partial charge in [-0.3, -0.25) is 0 Å². The molecule has 0 aromatic carbocycles. The van der Waals surface area contributed by atoms with Crippen LogP contribution in [0.1, 0.15) is 68.2 Å². The Kier molecular flexibility index (Phi) is 4.83. The molecule has 0 unspecified atom stereocenters. The second-order valence-electron chi connectivity index (χ2n) is 7.07. The van der Waals surface area contributed by atoms with Crippen molar-refractivity contribution < 1.29 is 0 Å². The van der Waals surface area contributed by atoms with E-state index in [2.05, 4.69) is 23.7 Å². The Morgan fingerprint density at radius 1 is 1.20 bits per heavy atom. The molecule has 0 saturated heterocycles. The highest BCUT2D eigenvalue weighted by Gasteiger charge is 2.32. The molecule has 1 N–H and O–H groups in total. The maximum Gasteiger partial charge on any atom is 0.00746 e. The molecule has 1 nitrogen and oxygen atoms in total. The van der Waals surface area contributed by atoms with E-state index in [1.807, 2.05) is 11.3 Å². The molecule has 2 fully saturated rings. The molecule has 0 amide bonds. The highest BCUT2D eigenvalue weighted by Crippen LogP contribution is 2.43. The molecule has 0 atom stereocenters. The minimum absolute atomic E-state index is 0.649. The Bertz CT molecular complexity index is 413. The van der Waals surface area contributed by atoms with Crippen molar-refractivity contribution in [2.24, 2.45) is 5.41 Å². The molecular formula is C18H29NS. The molecule has 3 rings (SSSR count). The van der Waals surface area contributed by atoms with Gasteiger partial charge in [0, 0.05) is 10.9 Å². The van der Waals surface area contributed by atoms with Gasteiger partial charge in [-0.25, -0.2) is 0 Å². The predicted octanol–water partition coefficient (Wildman–Crippen LogP) is 5.08. The van der Waals surface area contributed by atoms with Crippen LogP contribution in [0, 0.1) is 12.3 Å². The lowest BCUT2D eigenvalue weighted by Crippen LogP contribution is -2.30. The van der Waals surface area contributed by atoms with Crippen molar-refractivity contribution >= 4 is 11.3 Å². The SMILES string of the molecule is Cc1ccsc1CCC1(CCNC2CC2)CCCCC1. The lowest BCUT2D eigenvalue weighted by Gasteiger charge is -2.38. The monoisotopic (exact) mass is 291 g/mol. The Morgan fingerprint density at radius 2 is 2.00 bits per heavy atom. The number of hydrogen-bond donors (Lipinski definition) is 1. The van der Waals surface area contributed by atoms with E-state index in [1.165, 1.54) is 76.3 Å². The summed E-state index contributed by atoms with van der Waals surface area (Å²) in [6.45, 7) is 3.53. The lowest BCUT2D eigenvalue weighted by atomic mass is 9.69. The van der Waals surface area contributed by atoms with E-state index in [9.17, 15) is 0 Å². The maximum atomic E-state index is 3.74. The molecule has 20 heavy (non-hydrogen) atoms. The molecule has 0 spiro atoms. The number of thiophene rings is 1. The first-order valence-corrected chi connectivity index (χ1v) is 9.42. The zero-order chi connectivity index (χ0) is 13.8. The molecule has 2 aliphatic carbocycles. The fourth-order valence-corrected chi connectivity index (χ4v) is 4.70. The molecule has 1 aromatic heterocycles. The molecule has 0 radical (unpaired) electrons. The van der Waals surface area contributed by atoms with E-state index in [4.69, 9.17) is 0 Å². The van der Waals surface area contributed by atoms with Crippen LogP contribution in [0.15, 0.2) is 11.4 Å². The summed E-state index contributed by atoms with van der Waals surface area (Å²) in [7, 11) is 0. The van der Waals surface area contributed by atoms with Gasteiger partial charge in [-0.05, 0) is 80.8 Å². The van der Waals surface area contributed by atoms with Gasteiger partial charge in [-0.2, -0.15) is 0 Å². The summed E-state index contributed by atoms with van der Waals surface area (Å²) in [5, 5.41) is 5.99. The zero-order valence-electron chi connectivity index (χ0n) is 12.9. The zero-order valence-corrected chi connectivity index (χ0v) is 13.7. The molecule has 2 heteroatoms. The van der Waals surface area contributed by atoms with Gasteiger partial charge >= 0.3 is 0 Å². The van der Waals surface area contributed by atoms with Gasteiger partial charge in [0.15, 0.2) is 0 Å². The summed E-state index contributed by atoms with van der Waals surface area (Å²) in [5.41, 5.74) is 2.16. The maximum absolute atomic E-state index is 3.74. The Labute approximate surface area is 128 Å². The van der Waals surface area contributed by atoms with Crippen LogP contribution in [-0.4, -0.2) is 12.6 Å². The van der Waals surface area contributed by atoms with Gasteiger partial charge in [0.05, 0.1) is 0 Å². The average Bonchev–Trinajstić information content (AvgIpc) is 3.19. The fourth-order valence-electron chi connectivity index (χ4n) is 3.79. The third-order valence-corrected chi connectivity index (χ3v) is 6.51. The Morgan fingerprint density at radius 3 is 2.65 bits per heavy atom. The Hall–Kier alpha value is -0.340. The normalized spacial score (nSPS) is 22.1. The molecule has 1 heterocycles. The Balaban J connectivity index is 1.54. The molecule has 1 aromatic rings. The first-order valence-electron chi connectivity index (χ1n) is 8.54. The summed E-state index contributed by atoms with van der Waals surface area (Å²) in [6, 6.07) is 3.15. The number of aryl methyl sites for hydroxylation is 2. The van der Waals surface area contributed by atoms with Gasteiger partial charge in [0.1, 0.15) is 0 Å². The van der Waals surface area contributed by atoms with E-state index in [0.29, 0.717) is 5.41 Å². The minimum Gasteiger partial charge on any atom is -0.314 e. The standard InChI is InChI=1S/C18H29NS/c1-15-8-14-20-17(15)7-11-18(9-3-2-4-10-18)12-13-19-16-5-6-16/h8,14,16,19H,2-7,9-13H2,1H3. The van der Waals surface area contributed by atoms with Crippen molar-refractivity contribution in [1.29, 1.82) is 0 Å². The summed E-state index contributed by atoms with van der Waals surface area (Å²) < 4.78 is 0. The highest BCUT2D eigenvalue weighted by atomic mass is 32.1. The van der Waals surface area contributed by atoms with Crippen molar-refractivity contribution in [2.75, 3.05) is 6.54 Å². The quantitative estimate of drug-likeness (QED) is 0.738. The van der Waals surface area contributed by atoms with Crippen LogP contribution < -0.4 is 5.32 Å². The van der Waals surface area contributed by atoms with Gasteiger partial charge in [-0.1, -0.05) is 19.3 Å². The van der Waals surface area contributed by atoms with Gasteiger partial charge in [0.2, 0.25) is 0 Å². The fraction of sp³-hybridized carbons (Fsp3) is 0.778. The van der Waals surface area contributed by atoms with E-state index >= 15 is 0 Å². The van der Waals surface area contributed by atoms with E-state index in [0.717, 1.165) is 6.04 Å². The first-order chi connectivity index (χ1) is 9.77. The van der Waals surface area contributed by atoms with Gasteiger partial charge in [0.25, 0.3) is 0 Å². The minimum atomic E-state index is 0.649. The molecule has 2 aliphatic rings. The van der Waals surface area contributed by atoms with E-state index in [-0.39, 0.29) is 0 Å². The largest absolute Gasteiger partial charge is 0.314 e. The first kappa shape index (κ1) is 14.6. The van der Waals surface area contributed by atoms with Gasteiger partial charge in [-0.15, -0.1) is 11.3 Å². The van der Waals surface area contributed by atoms with Crippen molar-refractivity contribution in [3.63, 3.8) is 0 Å². The number of hydrogen-bond acceptors (Lipinski definition) is 2. The van der Waals surface area contributed by atoms with E-state index < -0.39 is 0 Å². The second kappa shape index (κ2) is 6.62. The van der Waals surface area contributed by atoms with Crippen molar-refractivity contribution in [2.45, 2.75) is 77.2 Å². The van der Waals surface area contributed by atoms with Crippen LogP contribution in [0.5, 0.6) is 0 Å². The highest BCUT2D eigenvalue weighted by molar-refractivity contribution is 7.10. The molecule has 2 saturated carbocycles. The molecule has 0 bridgehead atoms. The molecular weight excluding hydrogens is 262 g/mol. The summed E-state index contributed by atoms with van der Waals surface area (Å²) in [4.78, 5) is 1.63. The lowest BCUT2D eigenvalue weighted by molar-refractivity contribution is 0.156. The van der Waals surface area contributed by atoms with Crippen molar-refractivity contribution in [3.8, 4) is 0 Å². The van der Waals surface area contributed by atoms with Gasteiger partial charge < -0.3 is 5.32 Å². The molecule has 0 aliphatic heterocycles. The average molecular weight is 292 g/mol. The number of nitrogens with one attached hydrogen (secondary N) is 1. The van der Waals surface area contributed by atoms with Crippen molar-refractivity contribution in [1.82, 2.24) is 5.32 Å². The van der Waals surface area contributed by atoms with Crippen LogP contribution in [0.4, 0.5) is 0 Å². The van der Waals surface area contributed by atoms with Crippen LogP contribution >= 0.6 is 11.3 Å². The molecule has 112 valence electrons. The van der Waals surface area contributed by atoms with E-state index in [1.54, 1.807) is 4.88 Å². The van der Waals surface area contributed by atoms with Crippen LogP contribution in [-0.2, 0) is 6.42 Å². The third-order valence-electron chi connectivity index (χ3n) is 5.43. The van der Waals surface area contributed by atoms with Crippen LogP contribution in [0.25, 0.3) is 0 Å². The smallest absolute Gasteiger partial charge is 0.00746 e. The van der Waals surface area contributed by atoms with Crippen LogP contribution in [0.3, 0.4) is 0 Å².